The van der Waals surface area contributed by atoms with Gasteiger partial charge in [0.2, 0.25) is 0 Å². The van der Waals surface area contributed by atoms with Gasteiger partial charge in [-0.05, 0) is 29.0 Å². The van der Waals surface area contributed by atoms with Crippen LogP contribution in [-0.4, -0.2) is 5.78 Å². The highest BCUT2D eigenvalue weighted by Crippen LogP contribution is 2.31. The first-order valence-corrected chi connectivity index (χ1v) is 8.24. The van der Waals surface area contributed by atoms with Crippen LogP contribution in [0.1, 0.15) is 15.9 Å². The molecule has 116 valence electrons. The van der Waals surface area contributed by atoms with Gasteiger partial charge in [-0.1, -0.05) is 48.5 Å². The number of ketones is 1. The molecule has 0 N–H and O–H groups in total. The second-order valence-corrected chi connectivity index (χ2v) is 6.03. The highest BCUT2D eigenvalue weighted by atomic mass is 31.2. The van der Waals surface area contributed by atoms with Gasteiger partial charge in [-0.3, -0.25) is 4.79 Å². The van der Waals surface area contributed by atoms with Crippen LogP contribution < -0.4 is 14.3 Å². The summed E-state index contributed by atoms with van der Waals surface area (Å²) in [5, 5.41) is 1.41. The van der Waals surface area contributed by atoms with Gasteiger partial charge in [-0.2, -0.15) is 0 Å². The number of benzene rings is 3. The van der Waals surface area contributed by atoms with Crippen LogP contribution in [0.15, 0.2) is 66.7 Å². The first-order chi connectivity index (χ1) is 10.9. The normalized spacial score (nSPS) is 11.4. The minimum Gasteiger partial charge on any atom is -0.780 e. The Morgan fingerprint density at radius 2 is 1.48 bits per heavy atom. The van der Waals surface area contributed by atoms with Crippen LogP contribution >= 0.6 is 7.82 Å². The average molecular weight is 326 g/mol. The zero-order valence-electron chi connectivity index (χ0n) is 11.8. The zero-order chi connectivity index (χ0) is 16.4. The van der Waals surface area contributed by atoms with Gasteiger partial charge in [-0.25, -0.2) is 0 Å². The predicted octanol–water partition coefficient (Wildman–Crippen LogP) is 2.28. The molecule has 3 aromatic carbocycles. The summed E-state index contributed by atoms with van der Waals surface area (Å²) >= 11 is 0. The number of hydrogen-bond donors (Lipinski definition) is 0. The first-order valence-electron chi connectivity index (χ1n) is 6.78. The Morgan fingerprint density at radius 3 is 2.17 bits per heavy atom. The second-order valence-electron chi connectivity index (χ2n) is 4.96. The molecular weight excluding hydrogens is 315 g/mol. The minimum atomic E-state index is -5.08. The van der Waals surface area contributed by atoms with Crippen LogP contribution in [0.5, 0.6) is 5.75 Å². The Labute approximate surface area is 132 Å². The van der Waals surface area contributed by atoms with Crippen molar-refractivity contribution in [2.24, 2.45) is 0 Å². The lowest BCUT2D eigenvalue weighted by Gasteiger charge is -2.29. The van der Waals surface area contributed by atoms with E-state index in [2.05, 4.69) is 4.52 Å². The van der Waals surface area contributed by atoms with Crippen molar-refractivity contribution in [3.8, 4) is 5.75 Å². The molecule has 0 atom stereocenters. The van der Waals surface area contributed by atoms with Gasteiger partial charge < -0.3 is 18.9 Å². The van der Waals surface area contributed by atoms with E-state index >= 15 is 0 Å². The molecule has 0 radical (unpaired) electrons. The Balaban J connectivity index is 1.95. The average Bonchev–Trinajstić information content (AvgIpc) is 2.53. The van der Waals surface area contributed by atoms with Crippen molar-refractivity contribution in [1.82, 2.24) is 0 Å². The smallest absolute Gasteiger partial charge is 0.193 e. The maximum atomic E-state index is 12.4. The van der Waals surface area contributed by atoms with Crippen molar-refractivity contribution in [1.29, 1.82) is 0 Å². The highest BCUT2D eigenvalue weighted by Gasteiger charge is 2.09. The molecule has 0 amide bonds. The van der Waals surface area contributed by atoms with Gasteiger partial charge in [0.1, 0.15) is 13.6 Å². The predicted molar refractivity (Wildman–Crippen MR) is 82.1 cm³/mol. The molecule has 23 heavy (non-hydrogen) atoms. The van der Waals surface area contributed by atoms with E-state index in [9.17, 15) is 19.1 Å². The van der Waals surface area contributed by atoms with Crippen molar-refractivity contribution >= 4 is 24.4 Å². The monoisotopic (exact) mass is 326 g/mol. The topological polar surface area (TPSA) is 89.5 Å². The van der Waals surface area contributed by atoms with E-state index in [1.54, 1.807) is 48.5 Å². The molecule has 0 saturated carbocycles. The summed E-state index contributed by atoms with van der Waals surface area (Å²) in [5.41, 5.74) is 1.11. The van der Waals surface area contributed by atoms with Crippen LogP contribution in [-0.2, 0) is 4.57 Å². The van der Waals surface area contributed by atoms with E-state index in [4.69, 9.17) is 0 Å². The molecule has 0 saturated heterocycles. The zero-order valence-corrected chi connectivity index (χ0v) is 12.7. The first kappa shape index (κ1) is 15.4. The fraction of sp³-hybridized carbons (Fsp3) is 0. The summed E-state index contributed by atoms with van der Waals surface area (Å²) in [5.74, 6) is -0.149. The molecule has 0 aliphatic heterocycles. The van der Waals surface area contributed by atoms with Gasteiger partial charge in [0.05, 0.1) is 0 Å². The van der Waals surface area contributed by atoms with Crippen molar-refractivity contribution in [3.05, 3.63) is 77.9 Å². The lowest BCUT2D eigenvalue weighted by atomic mass is 10.00. The van der Waals surface area contributed by atoms with E-state index in [0.717, 1.165) is 5.39 Å². The van der Waals surface area contributed by atoms with Crippen LogP contribution in [0.2, 0.25) is 0 Å². The van der Waals surface area contributed by atoms with Crippen LogP contribution in [0.3, 0.4) is 0 Å². The van der Waals surface area contributed by atoms with Crippen molar-refractivity contribution in [2.45, 2.75) is 0 Å². The van der Waals surface area contributed by atoms with Crippen LogP contribution in [0.25, 0.3) is 10.8 Å². The van der Waals surface area contributed by atoms with E-state index in [1.165, 1.54) is 12.1 Å². The lowest BCUT2D eigenvalue weighted by Crippen LogP contribution is -2.18. The third kappa shape index (κ3) is 3.66. The maximum absolute atomic E-state index is 12.4. The number of phosphoric ester groups is 1. The fourth-order valence-electron chi connectivity index (χ4n) is 2.31. The minimum absolute atomic E-state index is 0.0482. The summed E-state index contributed by atoms with van der Waals surface area (Å²) in [4.78, 5) is 33.7. The molecular formula is C17H11O5P-2. The number of rotatable bonds is 4. The third-order valence-corrected chi connectivity index (χ3v) is 3.76. The van der Waals surface area contributed by atoms with Crippen molar-refractivity contribution in [2.75, 3.05) is 0 Å². The molecule has 3 aromatic rings. The van der Waals surface area contributed by atoms with Gasteiger partial charge in [0, 0.05) is 11.1 Å². The van der Waals surface area contributed by atoms with Gasteiger partial charge >= 0.3 is 0 Å². The van der Waals surface area contributed by atoms with Crippen LogP contribution in [0.4, 0.5) is 0 Å². The lowest BCUT2D eigenvalue weighted by molar-refractivity contribution is -0.333. The summed E-state index contributed by atoms with van der Waals surface area (Å²) < 4.78 is 15.0. The van der Waals surface area contributed by atoms with E-state index < -0.39 is 7.82 Å². The number of carbonyl (C=O) groups is 1. The van der Waals surface area contributed by atoms with Gasteiger partial charge in [-0.15, -0.1) is 0 Å². The van der Waals surface area contributed by atoms with Crippen LogP contribution in [0, 0.1) is 0 Å². The molecule has 6 heteroatoms. The summed E-state index contributed by atoms with van der Waals surface area (Å²) in [6, 6.07) is 18.4. The number of carbonyl (C=O) groups excluding carboxylic acids is 1. The molecule has 0 bridgehead atoms. The summed E-state index contributed by atoms with van der Waals surface area (Å²) in [6.07, 6.45) is 0. The summed E-state index contributed by atoms with van der Waals surface area (Å²) in [7, 11) is -5.08. The van der Waals surface area contributed by atoms with Gasteiger partial charge in [0.25, 0.3) is 0 Å². The van der Waals surface area contributed by atoms with E-state index in [0.29, 0.717) is 16.5 Å². The molecule has 0 aliphatic carbocycles. The Bertz CT molecular complexity index is 915. The fourth-order valence-corrected chi connectivity index (χ4v) is 2.68. The third-order valence-electron chi connectivity index (χ3n) is 3.33. The molecule has 0 fully saturated rings. The molecule has 0 spiro atoms. The highest BCUT2D eigenvalue weighted by molar-refractivity contribution is 7.43. The Kier molecular flexibility index (Phi) is 4.01. The van der Waals surface area contributed by atoms with Gasteiger partial charge in [0.15, 0.2) is 5.78 Å². The Morgan fingerprint density at radius 1 is 0.826 bits per heavy atom. The number of phosphoric acid groups is 1. The van der Waals surface area contributed by atoms with Crippen molar-refractivity contribution < 1.29 is 23.7 Å². The standard InChI is InChI=1S/C17H13O5P/c18-17(12-4-2-1-3-5-12)15-7-6-14-11-16(22-23(19,20)21)9-8-13(14)10-15/h1-11H,(H2,19,20,21)/p-2. The number of hydrogen-bond acceptors (Lipinski definition) is 5. The largest absolute Gasteiger partial charge is 0.780 e. The SMILES string of the molecule is O=C(c1ccccc1)c1ccc2cc(OP(=O)([O-])[O-])ccc2c1. The molecule has 3 rings (SSSR count). The van der Waals surface area contributed by atoms with Crippen molar-refractivity contribution in [3.63, 3.8) is 0 Å². The van der Waals surface area contributed by atoms with E-state index in [1.807, 2.05) is 6.07 Å². The summed E-state index contributed by atoms with van der Waals surface area (Å²) in [6.45, 7) is 0. The molecule has 0 heterocycles. The molecule has 0 unspecified atom stereocenters. The number of fused-ring (bicyclic) bond motifs is 1. The molecule has 0 aromatic heterocycles. The van der Waals surface area contributed by atoms with E-state index in [-0.39, 0.29) is 11.5 Å². The Hall–Kier alpha value is -2.46. The molecule has 0 aliphatic rings. The maximum Gasteiger partial charge on any atom is 0.193 e. The molecule has 5 nitrogen and oxygen atoms in total. The quantitative estimate of drug-likeness (QED) is 0.542. The second kappa shape index (κ2) is 5.97.